The topological polar surface area (TPSA) is 58.5 Å². The number of carbonyl (C=O) groups is 1. The van der Waals surface area contributed by atoms with Gasteiger partial charge in [-0.15, -0.1) is 0 Å². The van der Waals surface area contributed by atoms with Crippen molar-refractivity contribution in [2.45, 2.75) is 17.5 Å². The highest BCUT2D eigenvalue weighted by atomic mass is 32.2. The monoisotopic (exact) mass is 290 g/mol. The fraction of sp³-hybridized carbons (Fsp3) is 0.273. The normalized spacial score (nSPS) is 17.3. The van der Waals surface area contributed by atoms with Gasteiger partial charge in [0, 0.05) is 6.54 Å². The highest BCUT2D eigenvalue weighted by Gasteiger charge is 2.38. The lowest BCUT2D eigenvalue weighted by molar-refractivity contribution is -0.173. The van der Waals surface area contributed by atoms with Crippen molar-refractivity contribution in [1.82, 2.24) is 5.32 Å². The van der Waals surface area contributed by atoms with Gasteiger partial charge in [0.1, 0.15) is 0 Å². The van der Waals surface area contributed by atoms with E-state index in [2.05, 4.69) is 4.99 Å². The summed E-state index contributed by atoms with van der Waals surface area (Å²) in [6, 6.07) is 5.01. The Labute approximate surface area is 109 Å². The van der Waals surface area contributed by atoms with Crippen LogP contribution in [0, 0.1) is 0 Å². The molecule has 19 heavy (non-hydrogen) atoms. The van der Waals surface area contributed by atoms with Gasteiger partial charge in [0.15, 0.2) is 0 Å². The Bertz CT molecular complexity index is 570. The van der Waals surface area contributed by atoms with Crippen molar-refractivity contribution in [1.29, 1.82) is 0 Å². The predicted octanol–water partition coefficient (Wildman–Crippen LogP) is 1.69. The zero-order valence-electron chi connectivity index (χ0n) is 9.53. The highest BCUT2D eigenvalue weighted by molar-refractivity contribution is 7.99. The lowest BCUT2D eigenvalue weighted by atomic mass is 10.1. The molecule has 1 aliphatic heterocycles. The average molecular weight is 290 g/mol. The van der Waals surface area contributed by atoms with Gasteiger partial charge in [-0.3, -0.25) is 4.79 Å². The number of aliphatic imine (C=N–C) groups is 1. The zero-order valence-corrected chi connectivity index (χ0v) is 10.3. The number of hydrogen-bond acceptors (Lipinski definition) is 3. The Morgan fingerprint density at radius 2 is 2.11 bits per heavy atom. The maximum absolute atomic E-state index is 12.0. The molecule has 1 aliphatic rings. The molecule has 0 aromatic heterocycles. The molecule has 1 heterocycles. The number of benzene rings is 1. The Morgan fingerprint density at radius 3 is 2.79 bits per heavy atom. The molecule has 1 aromatic rings. The van der Waals surface area contributed by atoms with Crippen LogP contribution in [-0.2, 0) is 22.0 Å². The summed E-state index contributed by atoms with van der Waals surface area (Å²) in [5.41, 5.74) is 2.46. The summed E-state index contributed by atoms with van der Waals surface area (Å²) in [6.45, 7) is -0.175. The van der Waals surface area contributed by atoms with Crippen molar-refractivity contribution in [3.63, 3.8) is 0 Å². The molecule has 0 saturated heterocycles. The Kier molecular flexibility index (Phi) is 3.70. The molecule has 0 bridgehead atoms. The van der Waals surface area contributed by atoms with Gasteiger partial charge in [-0.2, -0.15) is 13.2 Å². The van der Waals surface area contributed by atoms with Crippen LogP contribution in [0.3, 0.4) is 0 Å². The van der Waals surface area contributed by atoms with Crippen LogP contribution in [-0.4, -0.2) is 28.4 Å². The van der Waals surface area contributed by atoms with E-state index < -0.39 is 22.9 Å². The van der Waals surface area contributed by atoms with Crippen molar-refractivity contribution < 1.29 is 22.2 Å². The molecule has 102 valence electrons. The second-order valence-corrected chi connectivity index (χ2v) is 5.01. The summed E-state index contributed by atoms with van der Waals surface area (Å²) in [7, 11) is -1.37. The molecule has 1 unspecified atom stereocenters. The molecule has 1 aromatic carbocycles. The quantitative estimate of drug-likeness (QED) is 0.921. The first-order chi connectivity index (χ1) is 8.89. The Balaban J connectivity index is 2.01. The van der Waals surface area contributed by atoms with Crippen LogP contribution in [0.4, 0.5) is 18.9 Å². The van der Waals surface area contributed by atoms with Crippen LogP contribution in [0.2, 0.25) is 0 Å². The van der Waals surface area contributed by atoms with Gasteiger partial charge in [0.2, 0.25) is 0 Å². The van der Waals surface area contributed by atoms with E-state index in [-0.39, 0.29) is 13.0 Å². The Morgan fingerprint density at radius 1 is 1.37 bits per heavy atom. The van der Waals surface area contributed by atoms with E-state index in [1.807, 2.05) is 0 Å². The smallest absolute Gasteiger partial charge is 0.348 e. The minimum atomic E-state index is -4.88. The molecule has 8 heteroatoms. The Hall–Kier alpha value is -1.70. The number of halogens is 3. The number of rotatable bonds is 3. The minimum Gasteiger partial charge on any atom is -0.348 e. The van der Waals surface area contributed by atoms with Gasteiger partial charge < -0.3 is 5.32 Å². The second kappa shape index (κ2) is 5.12. The van der Waals surface area contributed by atoms with Gasteiger partial charge in [0.05, 0.1) is 26.9 Å². The first-order valence-corrected chi connectivity index (χ1v) is 6.52. The molecule has 1 N–H and O–H groups in total. The van der Waals surface area contributed by atoms with Gasteiger partial charge in [-0.05, 0) is 18.1 Å². The van der Waals surface area contributed by atoms with E-state index in [9.17, 15) is 22.2 Å². The molecular formula is C11H9F3N2O2S. The second-order valence-electron chi connectivity index (χ2n) is 3.80. The highest BCUT2D eigenvalue weighted by Crippen LogP contribution is 2.30. The van der Waals surface area contributed by atoms with Crippen molar-refractivity contribution >= 4 is 27.9 Å². The molecule has 1 atom stereocenters. The van der Waals surface area contributed by atoms with Crippen LogP contribution < -0.4 is 5.32 Å². The van der Waals surface area contributed by atoms with E-state index in [4.69, 9.17) is 0 Å². The lowest BCUT2D eigenvalue weighted by Gasteiger charge is -2.09. The summed E-state index contributed by atoms with van der Waals surface area (Å²) < 4.78 is 47.6. The molecule has 0 saturated carbocycles. The van der Waals surface area contributed by atoms with E-state index >= 15 is 0 Å². The fourth-order valence-electron chi connectivity index (χ4n) is 1.67. The summed E-state index contributed by atoms with van der Waals surface area (Å²) in [5.74, 6) is -1.97. The number of carbonyl (C=O) groups excluding carboxylic acids is 1. The van der Waals surface area contributed by atoms with Gasteiger partial charge in [-0.25, -0.2) is 9.20 Å². The third-order valence-corrected chi connectivity index (χ3v) is 3.67. The van der Waals surface area contributed by atoms with Crippen molar-refractivity contribution in [3.05, 3.63) is 23.8 Å². The lowest BCUT2D eigenvalue weighted by Crippen LogP contribution is -2.37. The first-order valence-electron chi connectivity index (χ1n) is 5.31. The number of hydrogen-bond donors (Lipinski definition) is 1. The summed E-state index contributed by atoms with van der Waals surface area (Å²) >= 11 is 0. The summed E-state index contributed by atoms with van der Waals surface area (Å²) in [6.07, 6.45) is -4.72. The number of fused-ring (bicyclic) bond motifs is 1. The number of amides is 1. The third-order valence-electron chi connectivity index (χ3n) is 2.50. The van der Waals surface area contributed by atoms with Crippen LogP contribution in [0.15, 0.2) is 28.1 Å². The summed E-state index contributed by atoms with van der Waals surface area (Å²) in [5, 5.41) is 1.77. The maximum atomic E-state index is 12.0. The van der Waals surface area contributed by atoms with E-state index in [0.717, 1.165) is 0 Å². The zero-order chi connectivity index (χ0) is 14.0. The number of alkyl halides is 3. The van der Waals surface area contributed by atoms with Crippen LogP contribution in [0.5, 0.6) is 0 Å². The van der Waals surface area contributed by atoms with Gasteiger partial charge in [0.25, 0.3) is 0 Å². The SMILES string of the molecule is O=C(NCCc1cccc2c1S(=O)C=N2)C(F)(F)F. The van der Waals surface area contributed by atoms with E-state index in [1.165, 1.54) is 5.55 Å². The van der Waals surface area contributed by atoms with Crippen LogP contribution >= 0.6 is 0 Å². The van der Waals surface area contributed by atoms with Crippen LogP contribution in [0.25, 0.3) is 0 Å². The maximum Gasteiger partial charge on any atom is 0.471 e. The van der Waals surface area contributed by atoms with Gasteiger partial charge >= 0.3 is 12.1 Å². The number of nitrogens with zero attached hydrogens (tertiary/aromatic N) is 1. The summed E-state index contributed by atoms with van der Waals surface area (Å²) in [4.78, 5) is 15.1. The number of nitrogens with one attached hydrogen (secondary N) is 1. The fourth-order valence-corrected chi connectivity index (χ4v) is 2.74. The molecule has 1 amide bonds. The van der Waals surface area contributed by atoms with Crippen molar-refractivity contribution in [2.75, 3.05) is 6.54 Å². The third kappa shape index (κ3) is 3.01. The van der Waals surface area contributed by atoms with Gasteiger partial charge in [-0.1, -0.05) is 12.1 Å². The van der Waals surface area contributed by atoms with E-state index in [1.54, 1.807) is 23.5 Å². The largest absolute Gasteiger partial charge is 0.471 e. The molecule has 0 aliphatic carbocycles. The average Bonchev–Trinajstić information content (AvgIpc) is 2.71. The molecule has 2 rings (SSSR count). The van der Waals surface area contributed by atoms with E-state index in [0.29, 0.717) is 16.1 Å². The first kappa shape index (κ1) is 13.7. The molecule has 4 nitrogen and oxygen atoms in total. The predicted molar refractivity (Wildman–Crippen MR) is 63.8 cm³/mol. The minimum absolute atomic E-state index is 0.167. The van der Waals surface area contributed by atoms with Crippen molar-refractivity contribution in [3.8, 4) is 0 Å². The van der Waals surface area contributed by atoms with Crippen molar-refractivity contribution in [2.24, 2.45) is 4.99 Å². The molecule has 0 radical (unpaired) electrons. The standard InChI is InChI=1S/C11H9F3N2O2S/c12-11(13,14)10(17)15-5-4-7-2-1-3-8-9(7)19(18)6-16-8/h1-3,6H,4-5H2,(H,15,17). The molecule has 0 spiro atoms. The van der Waals surface area contributed by atoms with Crippen LogP contribution in [0.1, 0.15) is 5.56 Å². The molecule has 0 fully saturated rings. The molecular weight excluding hydrogens is 281 g/mol.